The third-order valence-corrected chi connectivity index (χ3v) is 2.04. The number of nitrogens with zero attached hydrogens (tertiary/aromatic N) is 1. The lowest BCUT2D eigenvalue weighted by atomic mass is 10.2. The molecule has 0 amide bonds. The molecule has 0 aliphatic rings. The van der Waals surface area contributed by atoms with Gasteiger partial charge in [-0.05, 0) is 13.0 Å². The van der Waals surface area contributed by atoms with Crippen molar-refractivity contribution in [3.05, 3.63) is 36.2 Å². The van der Waals surface area contributed by atoms with Crippen LogP contribution in [0.25, 0.3) is 5.76 Å². The molecule has 86 valence electrons. The number of aromatic nitrogens is 1. The van der Waals surface area contributed by atoms with Crippen molar-refractivity contribution in [2.45, 2.75) is 13.3 Å². The molecule has 0 fully saturated rings. The number of hydrogen-bond acceptors (Lipinski definition) is 3. The highest BCUT2D eigenvalue weighted by atomic mass is 16.5. The molecule has 0 unspecified atom stereocenters. The van der Waals surface area contributed by atoms with Gasteiger partial charge in [0.15, 0.2) is 12.4 Å². The first-order chi connectivity index (χ1) is 7.63. The molecular formula is C12H16NO3+. The van der Waals surface area contributed by atoms with Crippen LogP contribution in [0.15, 0.2) is 30.6 Å². The van der Waals surface area contributed by atoms with Gasteiger partial charge in [0, 0.05) is 17.7 Å². The van der Waals surface area contributed by atoms with Crippen molar-refractivity contribution in [2.24, 2.45) is 7.05 Å². The summed E-state index contributed by atoms with van der Waals surface area (Å²) in [4.78, 5) is 11.1. The molecule has 0 spiro atoms. The van der Waals surface area contributed by atoms with Gasteiger partial charge in [0.25, 0.3) is 0 Å². The fourth-order valence-corrected chi connectivity index (χ4v) is 1.19. The zero-order valence-corrected chi connectivity index (χ0v) is 9.51. The number of esters is 1. The second-order valence-electron chi connectivity index (χ2n) is 3.35. The first-order valence-electron chi connectivity index (χ1n) is 5.14. The monoisotopic (exact) mass is 222 g/mol. The van der Waals surface area contributed by atoms with Gasteiger partial charge in [-0.2, -0.15) is 0 Å². The van der Waals surface area contributed by atoms with Crippen molar-refractivity contribution in [3.8, 4) is 0 Å². The van der Waals surface area contributed by atoms with Crippen LogP contribution in [0.1, 0.15) is 18.9 Å². The van der Waals surface area contributed by atoms with Crippen molar-refractivity contribution in [3.63, 3.8) is 0 Å². The highest BCUT2D eigenvalue weighted by molar-refractivity contribution is 5.73. The molecule has 0 saturated carbocycles. The Bertz CT molecular complexity index is 382. The van der Waals surface area contributed by atoms with Crippen molar-refractivity contribution in [1.82, 2.24) is 0 Å². The van der Waals surface area contributed by atoms with E-state index in [1.54, 1.807) is 19.1 Å². The Hall–Kier alpha value is -1.84. The molecule has 1 rings (SSSR count). The Kier molecular flexibility index (Phi) is 4.51. The van der Waals surface area contributed by atoms with E-state index in [2.05, 4.69) is 0 Å². The summed E-state index contributed by atoms with van der Waals surface area (Å²) < 4.78 is 6.61. The van der Waals surface area contributed by atoms with Crippen LogP contribution >= 0.6 is 0 Å². The van der Waals surface area contributed by atoms with Gasteiger partial charge in [-0.1, -0.05) is 0 Å². The number of pyridine rings is 1. The number of hydrogen-bond donors (Lipinski definition) is 1. The topological polar surface area (TPSA) is 50.4 Å². The molecule has 0 bridgehead atoms. The average molecular weight is 222 g/mol. The molecule has 0 aromatic carbocycles. The van der Waals surface area contributed by atoms with Gasteiger partial charge < -0.3 is 9.84 Å². The van der Waals surface area contributed by atoms with Crippen molar-refractivity contribution in [2.75, 3.05) is 6.61 Å². The van der Waals surface area contributed by atoms with Crippen LogP contribution < -0.4 is 4.57 Å². The zero-order valence-electron chi connectivity index (χ0n) is 9.51. The molecule has 0 aliphatic heterocycles. The van der Waals surface area contributed by atoms with Crippen LogP contribution in [0, 0.1) is 0 Å². The number of carbonyl (C=O) groups is 1. The predicted molar refractivity (Wildman–Crippen MR) is 59.5 cm³/mol. The smallest absolute Gasteiger partial charge is 0.309 e. The summed E-state index contributed by atoms with van der Waals surface area (Å²) in [6, 6.07) is 3.55. The van der Waals surface area contributed by atoms with Gasteiger partial charge in [0.1, 0.15) is 12.8 Å². The van der Waals surface area contributed by atoms with E-state index in [0.29, 0.717) is 12.2 Å². The highest BCUT2D eigenvalue weighted by Gasteiger charge is 2.03. The molecule has 1 heterocycles. The summed E-state index contributed by atoms with van der Waals surface area (Å²) in [5.41, 5.74) is 0.683. The van der Waals surface area contributed by atoms with Gasteiger partial charge >= 0.3 is 5.97 Å². The maximum Gasteiger partial charge on any atom is 0.309 e. The van der Waals surface area contributed by atoms with E-state index in [4.69, 9.17) is 4.74 Å². The summed E-state index contributed by atoms with van der Waals surface area (Å²) in [7, 11) is 1.89. The number of aliphatic hydroxyl groups is 1. The summed E-state index contributed by atoms with van der Waals surface area (Å²) >= 11 is 0. The molecular weight excluding hydrogens is 206 g/mol. The molecule has 0 atom stereocenters. The number of aliphatic hydroxyl groups excluding tert-OH is 1. The predicted octanol–water partition coefficient (Wildman–Crippen LogP) is 1.36. The Labute approximate surface area is 94.8 Å². The second kappa shape index (κ2) is 5.90. The lowest BCUT2D eigenvalue weighted by Gasteiger charge is -2.00. The quantitative estimate of drug-likeness (QED) is 0.475. The molecule has 1 aromatic rings. The molecule has 16 heavy (non-hydrogen) atoms. The molecule has 0 radical (unpaired) electrons. The molecule has 4 heteroatoms. The van der Waals surface area contributed by atoms with Gasteiger partial charge in [-0.3, -0.25) is 4.79 Å². The number of aryl methyl sites for hydroxylation is 1. The third kappa shape index (κ3) is 3.73. The maximum absolute atomic E-state index is 11.1. The normalized spacial score (nSPS) is 11.2. The summed E-state index contributed by atoms with van der Waals surface area (Å²) in [5, 5.41) is 9.67. The van der Waals surface area contributed by atoms with Crippen LogP contribution in [-0.2, 0) is 16.6 Å². The van der Waals surface area contributed by atoms with E-state index in [9.17, 15) is 9.90 Å². The van der Waals surface area contributed by atoms with E-state index < -0.39 is 0 Å². The average Bonchev–Trinajstić information content (AvgIpc) is 2.27. The van der Waals surface area contributed by atoms with E-state index in [0.717, 1.165) is 0 Å². The Morgan fingerprint density at radius 2 is 2.12 bits per heavy atom. The first-order valence-corrected chi connectivity index (χ1v) is 5.14. The second-order valence-corrected chi connectivity index (χ2v) is 3.35. The minimum atomic E-state index is -0.337. The highest BCUT2D eigenvalue weighted by Crippen LogP contribution is 2.09. The van der Waals surface area contributed by atoms with E-state index >= 15 is 0 Å². The number of ether oxygens (including phenoxy) is 1. The Morgan fingerprint density at radius 1 is 1.50 bits per heavy atom. The summed E-state index contributed by atoms with van der Waals surface area (Å²) in [5.74, 6) is -0.246. The summed E-state index contributed by atoms with van der Waals surface area (Å²) in [6.45, 7) is 2.10. The van der Waals surface area contributed by atoms with Crippen LogP contribution in [0.5, 0.6) is 0 Å². The fourth-order valence-electron chi connectivity index (χ4n) is 1.19. The molecule has 1 N–H and O–H groups in total. The van der Waals surface area contributed by atoms with E-state index in [-0.39, 0.29) is 18.1 Å². The fraction of sp³-hybridized carbons (Fsp3) is 0.333. The zero-order chi connectivity index (χ0) is 12.0. The Balaban J connectivity index is 2.63. The standard InChI is InChI=1S/C12H15NO3/c1-3-16-12(15)5-4-11(14)10-6-8-13(2)9-7-10/h4,6-9H,3,5H2,1-2H3/p+1/b11-4-. The van der Waals surface area contributed by atoms with Crippen LogP contribution in [0.3, 0.4) is 0 Å². The SMILES string of the molecule is CCOC(=O)C/C=C(\O)c1cc[n+](C)cc1. The maximum atomic E-state index is 11.1. The first kappa shape index (κ1) is 12.2. The van der Waals surface area contributed by atoms with Crippen LogP contribution in [0.4, 0.5) is 0 Å². The minimum Gasteiger partial charge on any atom is -0.508 e. The van der Waals surface area contributed by atoms with Gasteiger partial charge in [-0.15, -0.1) is 0 Å². The molecule has 1 aromatic heterocycles. The molecule has 0 saturated heterocycles. The Morgan fingerprint density at radius 3 is 2.69 bits per heavy atom. The van der Waals surface area contributed by atoms with Crippen LogP contribution in [-0.4, -0.2) is 17.7 Å². The molecule has 0 aliphatic carbocycles. The van der Waals surface area contributed by atoms with E-state index in [1.165, 1.54) is 6.08 Å². The van der Waals surface area contributed by atoms with Gasteiger partial charge in [0.05, 0.1) is 13.0 Å². The number of carbonyl (C=O) groups excluding carboxylic acids is 1. The minimum absolute atomic E-state index is 0.0840. The van der Waals surface area contributed by atoms with E-state index in [1.807, 2.05) is 24.0 Å². The van der Waals surface area contributed by atoms with Crippen molar-refractivity contribution in [1.29, 1.82) is 0 Å². The van der Waals surface area contributed by atoms with Gasteiger partial charge in [0.2, 0.25) is 0 Å². The molecule has 4 nitrogen and oxygen atoms in total. The third-order valence-electron chi connectivity index (χ3n) is 2.04. The summed E-state index contributed by atoms with van der Waals surface area (Å²) in [6.07, 6.45) is 5.18. The number of rotatable bonds is 4. The van der Waals surface area contributed by atoms with Crippen molar-refractivity contribution >= 4 is 11.7 Å². The lowest BCUT2D eigenvalue weighted by Crippen LogP contribution is -2.25. The lowest BCUT2D eigenvalue weighted by molar-refractivity contribution is -0.671. The van der Waals surface area contributed by atoms with Gasteiger partial charge in [-0.25, -0.2) is 4.57 Å². The van der Waals surface area contributed by atoms with Crippen molar-refractivity contribution < 1.29 is 19.2 Å². The largest absolute Gasteiger partial charge is 0.508 e. The van der Waals surface area contributed by atoms with Crippen LogP contribution in [0.2, 0.25) is 0 Å².